The van der Waals surface area contributed by atoms with Crippen molar-refractivity contribution >= 4 is 23.3 Å². The van der Waals surface area contributed by atoms with Gasteiger partial charge < -0.3 is 19.1 Å². The van der Waals surface area contributed by atoms with Crippen LogP contribution in [0.2, 0.25) is 0 Å². The molecule has 1 atom stereocenters. The van der Waals surface area contributed by atoms with E-state index in [9.17, 15) is 14.7 Å². The number of ketones is 1. The Morgan fingerprint density at radius 2 is 1.69 bits per heavy atom. The van der Waals surface area contributed by atoms with Crippen LogP contribution < -0.4 is 14.4 Å². The normalized spacial score (nSPS) is 17.6. The van der Waals surface area contributed by atoms with Crippen molar-refractivity contribution in [2.75, 3.05) is 19.1 Å². The molecule has 3 aromatic rings. The molecule has 1 amide bonds. The second-order valence-electron chi connectivity index (χ2n) is 7.45. The van der Waals surface area contributed by atoms with Crippen molar-refractivity contribution in [3.8, 4) is 11.5 Å². The quantitative estimate of drug-likeness (QED) is 0.369. The zero-order chi connectivity index (χ0) is 23.0. The lowest BCUT2D eigenvalue weighted by Gasteiger charge is -2.23. The van der Waals surface area contributed by atoms with Gasteiger partial charge in [0.2, 0.25) is 0 Å². The van der Waals surface area contributed by atoms with E-state index in [4.69, 9.17) is 14.0 Å². The first-order valence-electron chi connectivity index (χ1n) is 9.89. The number of amides is 1. The summed E-state index contributed by atoms with van der Waals surface area (Å²) in [4.78, 5) is 27.4. The molecule has 1 aromatic heterocycles. The number of anilines is 1. The molecule has 2 heterocycles. The Kier molecular flexibility index (Phi) is 5.44. The number of carbonyl (C=O) groups excluding carboxylic acids is 2. The summed E-state index contributed by atoms with van der Waals surface area (Å²) in [6, 6.07) is 12.8. The topological polar surface area (TPSA) is 102 Å². The molecule has 0 radical (unpaired) electrons. The molecule has 0 saturated carbocycles. The summed E-state index contributed by atoms with van der Waals surface area (Å²) >= 11 is 0. The van der Waals surface area contributed by atoms with Gasteiger partial charge in [-0.25, -0.2) is 0 Å². The summed E-state index contributed by atoms with van der Waals surface area (Å²) in [5.41, 5.74) is 1.93. The minimum atomic E-state index is -0.881. The molecule has 1 aliphatic heterocycles. The van der Waals surface area contributed by atoms with Gasteiger partial charge in [-0.2, -0.15) is 0 Å². The number of Topliss-reactive ketones (excluding diaryl/α,β-unsaturated/α-hetero) is 1. The summed E-state index contributed by atoms with van der Waals surface area (Å²) in [5, 5.41) is 15.1. The van der Waals surface area contributed by atoms with E-state index in [1.807, 2.05) is 31.2 Å². The van der Waals surface area contributed by atoms with E-state index in [1.54, 1.807) is 31.2 Å². The van der Waals surface area contributed by atoms with Crippen LogP contribution in [-0.2, 0) is 9.59 Å². The van der Waals surface area contributed by atoms with E-state index >= 15 is 0 Å². The summed E-state index contributed by atoms with van der Waals surface area (Å²) < 4.78 is 15.7. The smallest absolute Gasteiger partial charge is 0.301 e. The van der Waals surface area contributed by atoms with Crippen LogP contribution in [0.25, 0.3) is 5.76 Å². The maximum absolute atomic E-state index is 13.1. The maximum Gasteiger partial charge on any atom is 0.301 e. The van der Waals surface area contributed by atoms with Gasteiger partial charge in [0.25, 0.3) is 5.78 Å². The highest BCUT2D eigenvalue weighted by Gasteiger charge is 2.48. The van der Waals surface area contributed by atoms with Crippen molar-refractivity contribution in [3.63, 3.8) is 0 Å². The number of rotatable bonds is 5. The minimum Gasteiger partial charge on any atom is -0.507 e. The number of aromatic nitrogens is 1. The molecule has 2 aromatic carbocycles. The number of aliphatic hydroxyl groups excluding tert-OH is 1. The Bertz CT molecular complexity index is 1230. The fourth-order valence-electron chi connectivity index (χ4n) is 3.74. The standard InChI is InChI=1S/C24H22N2O6/c1-13-5-7-15(8-6-13)21-20(22(27)16-9-10-17(30-3)18(12-16)31-4)23(28)24(29)26(21)19-11-14(2)32-25-19/h5-12,21,27H,1-4H3/b22-20+/t21-/m1/s1. The molecule has 1 N–H and O–H groups in total. The van der Waals surface area contributed by atoms with Gasteiger partial charge in [0.05, 0.1) is 25.8 Å². The average Bonchev–Trinajstić information content (AvgIpc) is 3.34. The van der Waals surface area contributed by atoms with Crippen LogP contribution in [0.5, 0.6) is 11.5 Å². The lowest BCUT2D eigenvalue weighted by Crippen LogP contribution is -2.29. The Labute approximate surface area is 184 Å². The molecule has 1 saturated heterocycles. The zero-order valence-electron chi connectivity index (χ0n) is 18.1. The fourth-order valence-corrected chi connectivity index (χ4v) is 3.74. The first-order valence-corrected chi connectivity index (χ1v) is 9.89. The number of methoxy groups -OCH3 is 2. The van der Waals surface area contributed by atoms with Gasteiger partial charge >= 0.3 is 5.91 Å². The van der Waals surface area contributed by atoms with Crippen LogP contribution in [0.1, 0.15) is 28.5 Å². The number of hydrogen-bond donors (Lipinski definition) is 1. The average molecular weight is 434 g/mol. The van der Waals surface area contributed by atoms with E-state index < -0.39 is 17.7 Å². The van der Waals surface area contributed by atoms with Crippen molar-refractivity contribution in [2.24, 2.45) is 0 Å². The molecule has 1 aliphatic rings. The van der Waals surface area contributed by atoms with E-state index in [0.717, 1.165) is 5.56 Å². The molecule has 0 unspecified atom stereocenters. The third-order valence-electron chi connectivity index (χ3n) is 5.36. The lowest BCUT2D eigenvalue weighted by atomic mass is 9.94. The second kappa shape index (κ2) is 8.22. The van der Waals surface area contributed by atoms with Crippen LogP contribution in [0.4, 0.5) is 5.82 Å². The maximum atomic E-state index is 13.1. The Hall–Kier alpha value is -4.07. The number of carbonyl (C=O) groups is 2. The van der Waals surface area contributed by atoms with E-state index in [0.29, 0.717) is 28.4 Å². The molecule has 8 nitrogen and oxygen atoms in total. The van der Waals surface area contributed by atoms with Gasteiger partial charge in [-0.1, -0.05) is 35.0 Å². The molecular formula is C24H22N2O6. The minimum absolute atomic E-state index is 0.0493. The van der Waals surface area contributed by atoms with Crippen molar-refractivity contribution in [1.29, 1.82) is 0 Å². The predicted molar refractivity (Wildman–Crippen MR) is 117 cm³/mol. The van der Waals surface area contributed by atoms with Crippen LogP contribution in [-0.4, -0.2) is 36.2 Å². The number of benzene rings is 2. The summed E-state index contributed by atoms with van der Waals surface area (Å²) in [7, 11) is 2.97. The molecule has 164 valence electrons. The molecule has 0 spiro atoms. The largest absolute Gasteiger partial charge is 0.507 e. The molecule has 0 aliphatic carbocycles. The monoisotopic (exact) mass is 434 g/mol. The summed E-state index contributed by atoms with van der Waals surface area (Å²) in [6.45, 7) is 3.63. The summed E-state index contributed by atoms with van der Waals surface area (Å²) in [6.07, 6.45) is 0. The van der Waals surface area contributed by atoms with Crippen LogP contribution in [0.3, 0.4) is 0 Å². The summed E-state index contributed by atoms with van der Waals surface area (Å²) in [5.74, 6) is -0.402. The van der Waals surface area contributed by atoms with Gasteiger partial charge in [0.1, 0.15) is 11.5 Å². The van der Waals surface area contributed by atoms with Crippen LogP contribution >= 0.6 is 0 Å². The molecule has 32 heavy (non-hydrogen) atoms. The third-order valence-corrected chi connectivity index (χ3v) is 5.36. The van der Waals surface area contributed by atoms with Crippen molar-refractivity contribution in [2.45, 2.75) is 19.9 Å². The molecular weight excluding hydrogens is 412 g/mol. The van der Waals surface area contributed by atoms with E-state index in [1.165, 1.54) is 19.1 Å². The first kappa shape index (κ1) is 21.2. The van der Waals surface area contributed by atoms with Crippen molar-refractivity contribution in [3.05, 3.63) is 76.6 Å². The highest BCUT2D eigenvalue weighted by Crippen LogP contribution is 2.42. The first-order chi connectivity index (χ1) is 15.3. The van der Waals surface area contributed by atoms with Gasteiger partial charge in [-0.3, -0.25) is 14.5 Å². The predicted octanol–water partition coefficient (Wildman–Crippen LogP) is 3.93. The number of aliphatic hydroxyl groups is 1. The van der Waals surface area contributed by atoms with Gasteiger partial charge in [0.15, 0.2) is 17.3 Å². The second-order valence-corrected chi connectivity index (χ2v) is 7.45. The number of aryl methyl sites for hydroxylation is 2. The SMILES string of the molecule is COc1ccc(/C(O)=C2\C(=O)C(=O)N(c3cc(C)on3)[C@@H]2c2ccc(C)cc2)cc1OC. The number of nitrogens with zero attached hydrogens (tertiary/aromatic N) is 2. The Morgan fingerprint density at radius 3 is 2.28 bits per heavy atom. The molecule has 0 bridgehead atoms. The highest BCUT2D eigenvalue weighted by molar-refractivity contribution is 6.51. The molecule has 8 heteroatoms. The zero-order valence-corrected chi connectivity index (χ0v) is 18.1. The van der Waals surface area contributed by atoms with Crippen LogP contribution in [0.15, 0.2) is 58.6 Å². The Balaban J connectivity index is 1.93. The Morgan fingerprint density at radius 1 is 1.00 bits per heavy atom. The highest BCUT2D eigenvalue weighted by atomic mass is 16.5. The van der Waals surface area contributed by atoms with Gasteiger partial charge in [-0.05, 0) is 37.6 Å². The van der Waals surface area contributed by atoms with Crippen molar-refractivity contribution in [1.82, 2.24) is 5.16 Å². The molecule has 4 rings (SSSR count). The lowest BCUT2D eigenvalue weighted by molar-refractivity contribution is -0.132. The number of hydrogen-bond acceptors (Lipinski definition) is 7. The van der Waals surface area contributed by atoms with Gasteiger partial charge in [0, 0.05) is 11.6 Å². The van der Waals surface area contributed by atoms with Gasteiger partial charge in [-0.15, -0.1) is 0 Å². The molecule has 1 fully saturated rings. The van der Waals surface area contributed by atoms with E-state index in [-0.39, 0.29) is 17.2 Å². The van der Waals surface area contributed by atoms with Crippen molar-refractivity contribution < 1.29 is 28.7 Å². The van der Waals surface area contributed by atoms with Crippen LogP contribution in [0, 0.1) is 13.8 Å². The third kappa shape index (κ3) is 3.49. The number of ether oxygens (including phenoxy) is 2. The fraction of sp³-hybridized carbons (Fsp3) is 0.208. The van der Waals surface area contributed by atoms with E-state index in [2.05, 4.69) is 5.16 Å².